The quantitative estimate of drug-likeness (QED) is 0.757. The van der Waals surface area contributed by atoms with Gasteiger partial charge in [0.15, 0.2) is 5.65 Å². The first-order valence-electron chi connectivity index (χ1n) is 9.94. The Labute approximate surface area is 165 Å². The Balaban J connectivity index is 1.67. The normalized spacial score (nSPS) is 20.6. The highest BCUT2D eigenvalue weighted by atomic mass is 16.2. The number of benzene rings is 1. The molecule has 0 radical (unpaired) electrons. The summed E-state index contributed by atoms with van der Waals surface area (Å²) in [6.45, 7) is 7.34. The van der Waals surface area contributed by atoms with Crippen molar-refractivity contribution in [3.8, 4) is 0 Å². The van der Waals surface area contributed by atoms with Crippen molar-refractivity contribution < 1.29 is 4.79 Å². The molecule has 1 aliphatic rings. The van der Waals surface area contributed by atoms with Crippen LogP contribution in [0.4, 0.5) is 0 Å². The molecular weight excluding hydrogens is 350 g/mol. The van der Waals surface area contributed by atoms with Crippen LogP contribution in [-0.4, -0.2) is 44.7 Å². The average Bonchev–Trinajstić information content (AvgIpc) is 3.30. The molecule has 6 nitrogen and oxygen atoms in total. The summed E-state index contributed by atoms with van der Waals surface area (Å²) in [7, 11) is 0. The number of amides is 1. The zero-order valence-electron chi connectivity index (χ0n) is 16.7. The zero-order chi connectivity index (χ0) is 19.8. The van der Waals surface area contributed by atoms with Crippen molar-refractivity contribution in [3.05, 3.63) is 59.4 Å². The maximum Gasteiger partial charge on any atom is 0.254 e. The van der Waals surface area contributed by atoms with Crippen LogP contribution in [0.2, 0.25) is 0 Å². The fraction of sp³-hybridized carbons (Fsp3) is 0.409. The molecule has 146 valence electrons. The van der Waals surface area contributed by atoms with Crippen molar-refractivity contribution in [2.24, 2.45) is 5.73 Å². The summed E-state index contributed by atoms with van der Waals surface area (Å²) in [5.41, 5.74) is 9.85. The lowest BCUT2D eigenvalue weighted by Crippen LogP contribution is -2.32. The van der Waals surface area contributed by atoms with Crippen LogP contribution >= 0.6 is 0 Å². The summed E-state index contributed by atoms with van der Waals surface area (Å²) in [5.74, 6) is 0.166. The maximum atomic E-state index is 13.4. The number of likely N-dealkylation sites (tertiary alicyclic amines) is 1. The van der Waals surface area contributed by atoms with Crippen LogP contribution in [-0.2, 0) is 0 Å². The molecule has 2 N–H and O–H groups in total. The lowest BCUT2D eigenvalue weighted by atomic mass is 9.95. The number of aromatic nitrogens is 3. The smallest absolute Gasteiger partial charge is 0.254 e. The summed E-state index contributed by atoms with van der Waals surface area (Å²) in [4.78, 5) is 19.9. The minimum absolute atomic E-state index is 0.00748. The van der Waals surface area contributed by atoms with Crippen LogP contribution in [0.15, 0.2) is 42.6 Å². The van der Waals surface area contributed by atoms with E-state index in [0.29, 0.717) is 18.7 Å². The molecule has 3 atom stereocenters. The third-order valence-electron chi connectivity index (χ3n) is 5.81. The Hall–Kier alpha value is -2.73. The molecule has 28 heavy (non-hydrogen) atoms. The van der Waals surface area contributed by atoms with E-state index in [1.165, 1.54) is 5.56 Å². The minimum Gasteiger partial charge on any atom is -0.336 e. The van der Waals surface area contributed by atoms with Gasteiger partial charge in [-0.25, -0.2) is 9.67 Å². The first-order valence-corrected chi connectivity index (χ1v) is 9.94. The number of fused-ring (bicyclic) bond motifs is 1. The van der Waals surface area contributed by atoms with Gasteiger partial charge < -0.3 is 10.6 Å². The second-order valence-electron chi connectivity index (χ2n) is 7.79. The third-order valence-corrected chi connectivity index (χ3v) is 5.81. The fourth-order valence-corrected chi connectivity index (χ4v) is 4.03. The molecule has 2 aromatic heterocycles. The molecule has 3 heterocycles. The molecule has 1 fully saturated rings. The van der Waals surface area contributed by atoms with Crippen LogP contribution in [0.3, 0.4) is 0 Å². The van der Waals surface area contributed by atoms with Crippen molar-refractivity contribution >= 4 is 16.9 Å². The summed E-state index contributed by atoms with van der Waals surface area (Å²) < 4.78 is 1.92. The van der Waals surface area contributed by atoms with Gasteiger partial charge in [-0.3, -0.25) is 4.79 Å². The number of nitrogens with two attached hydrogens (primary N) is 1. The molecule has 0 spiro atoms. The second-order valence-corrected chi connectivity index (χ2v) is 7.79. The van der Waals surface area contributed by atoms with Gasteiger partial charge in [0.1, 0.15) is 0 Å². The number of pyridine rings is 1. The molecular formula is C22H27N5O. The second kappa shape index (κ2) is 7.36. The molecule has 1 unspecified atom stereocenters. The number of aryl methyl sites for hydroxylation is 1. The number of hydrogen-bond donors (Lipinski definition) is 1. The number of carbonyl (C=O) groups is 1. The van der Waals surface area contributed by atoms with Crippen LogP contribution in [0.1, 0.15) is 53.8 Å². The van der Waals surface area contributed by atoms with E-state index in [-0.39, 0.29) is 23.9 Å². The minimum atomic E-state index is -0.0624. The van der Waals surface area contributed by atoms with Crippen LogP contribution in [0.5, 0.6) is 0 Å². The predicted octanol–water partition coefficient (Wildman–Crippen LogP) is 3.28. The summed E-state index contributed by atoms with van der Waals surface area (Å²) in [6.07, 6.45) is 2.72. The standard InChI is InChI=1S/C22H27N5O/c1-4-15(3)27-21-18(11-24-27)17(10-14(2)25-21)22(28)26-12-19(20(23)13-26)16-8-6-5-7-9-16/h5-11,15,19-20H,4,12-13,23H2,1-3H3/t15?,19-,20+/m0/s1. The Morgan fingerprint density at radius 2 is 2.04 bits per heavy atom. The lowest BCUT2D eigenvalue weighted by Gasteiger charge is -2.18. The van der Waals surface area contributed by atoms with E-state index < -0.39 is 0 Å². The Morgan fingerprint density at radius 3 is 2.75 bits per heavy atom. The lowest BCUT2D eigenvalue weighted by molar-refractivity contribution is 0.0791. The SMILES string of the molecule is CCC(C)n1ncc2c(C(=O)N3C[C@@H](N)[C@H](c4ccccc4)C3)cc(C)nc21. The Morgan fingerprint density at radius 1 is 1.29 bits per heavy atom. The fourth-order valence-electron chi connectivity index (χ4n) is 4.03. The Kier molecular flexibility index (Phi) is 4.89. The molecule has 1 aliphatic heterocycles. The zero-order valence-corrected chi connectivity index (χ0v) is 16.7. The summed E-state index contributed by atoms with van der Waals surface area (Å²) >= 11 is 0. The van der Waals surface area contributed by atoms with E-state index in [9.17, 15) is 4.79 Å². The molecule has 3 aromatic rings. The van der Waals surface area contributed by atoms with Crippen molar-refractivity contribution in [2.75, 3.05) is 13.1 Å². The predicted molar refractivity (Wildman–Crippen MR) is 110 cm³/mol. The van der Waals surface area contributed by atoms with Crippen molar-refractivity contribution in [2.45, 2.75) is 45.2 Å². The van der Waals surface area contributed by atoms with E-state index in [2.05, 4.69) is 36.1 Å². The third kappa shape index (κ3) is 3.18. The highest BCUT2D eigenvalue weighted by molar-refractivity contribution is 6.05. The van der Waals surface area contributed by atoms with E-state index in [1.54, 1.807) is 6.20 Å². The highest BCUT2D eigenvalue weighted by Gasteiger charge is 2.35. The number of hydrogen-bond acceptors (Lipinski definition) is 4. The first-order chi connectivity index (χ1) is 13.5. The molecule has 0 aliphatic carbocycles. The van der Waals surface area contributed by atoms with E-state index in [0.717, 1.165) is 23.1 Å². The molecule has 4 rings (SSSR count). The number of carbonyl (C=O) groups excluding carboxylic acids is 1. The van der Waals surface area contributed by atoms with Gasteiger partial charge >= 0.3 is 0 Å². The van der Waals surface area contributed by atoms with Gasteiger partial charge in [0.05, 0.1) is 23.2 Å². The topological polar surface area (TPSA) is 77.0 Å². The van der Waals surface area contributed by atoms with Gasteiger partial charge in [-0.05, 0) is 31.9 Å². The molecule has 1 aromatic carbocycles. The van der Waals surface area contributed by atoms with E-state index in [1.807, 2.05) is 40.8 Å². The van der Waals surface area contributed by atoms with Gasteiger partial charge in [-0.2, -0.15) is 5.10 Å². The van der Waals surface area contributed by atoms with Crippen molar-refractivity contribution in [1.82, 2.24) is 19.7 Å². The van der Waals surface area contributed by atoms with E-state index >= 15 is 0 Å². The first kappa shape index (κ1) is 18.6. The van der Waals surface area contributed by atoms with Gasteiger partial charge in [0, 0.05) is 30.7 Å². The largest absolute Gasteiger partial charge is 0.336 e. The summed E-state index contributed by atoms with van der Waals surface area (Å²) in [6, 6.07) is 12.3. The van der Waals surface area contributed by atoms with Crippen LogP contribution in [0, 0.1) is 6.92 Å². The van der Waals surface area contributed by atoms with Crippen molar-refractivity contribution in [1.29, 1.82) is 0 Å². The molecule has 1 amide bonds. The molecule has 0 saturated carbocycles. The van der Waals surface area contributed by atoms with Gasteiger partial charge in [-0.15, -0.1) is 0 Å². The molecule has 6 heteroatoms. The highest BCUT2D eigenvalue weighted by Crippen LogP contribution is 2.29. The monoisotopic (exact) mass is 377 g/mol. The Bertz CT molecular complexity index is 997. The molecule has 0 bridgehead atoms. The van der Waals surface area contributed by atoms with Crippen molar-refractivity contribution in [3.63, 3.8) is 0 Å². The van der Waals surface area contributed by atoms with Gasteiger partial charge in [0.2, 0.25) is 0 Å². The molecule has 1 saturated heterocycles. The van der Waals surface area contributed by atoms with Crippen LogP contribution in [0.25, 0.3) is 11.0 Å². The van der Waals surface area contributed by atoms with Crippen LogP contribution < -0.4 is 5.73 Å². The van der Waals surface area contributed by atoms with Gasteiger partial charge in [0.25, 0.3) is 5.91 Å². The van der Waals surface area contributed by atoms with E-state index in [4.69, 9.17) is 5.73 Å². The number of nitrogens with zero attached hydrogens (tertiary/aromatic N) is 4. The average molecular weight is 377 g/mol. The maximum absolute atomic E-state index is 13.4. The van der Waals surface area contributed by atoms with Gasteiger partial charge in [-0.1, -0.05) is 37.3 Å². The number of rotatable bonds is 4. The summed E-state index contributed by atoms with van der Waals surface area (Å²) in [5, 5.41) is 5.33.